The van der Waals surface area contributed by atoms with Crippen LogP contribution in [0, 0.1) is 0 Å². The average molecular weight is 371 g/mol. The van der Waals surface area contributed by atoms with Crippen LogP contribution in [0.1, 0.15) is 18.6 Å². The van der Waals surface area contributed by atoms with Gasteiger partial charge in [-0.05, 0) is 19.5 Å². The second-order valence-electron chi connectivity index (χ2n) is 6.89. The Hall–Kier alpha value is -2.71. The van der Waals surface area contributed by atoms with Crippen molar-refractivity contribution in [3.05, 3.63) is 63.1 Å². The zero-order chi connectivity index (χ0) is 19.7. The van der Waals surface area contributed by atoms with E-state index in [9.17, 15) is 14.7 Å². The predicted octanol–water partition coefficient (Wildman–Crippen LogP) is 0.488. The fraction of sp³-hybridized carbons (Fsp3) is 0.421. The van der Waals surface area contributed by atoms with Crippen molar-refractivity contribution >= 4 is 11.2 Å². The van der Waals surface area contributed by atoms with Crippen LogP contribution in [0.25, 0.3) is 11.2 Å². The summed E-state index contributed by atoms with van der Waals surface area (Å²) in [5.74, 6) is 0. The van der Waals surface area contributed by atoms with Gasteiger partial charge in [0.05, 0.1) is 12.4 Å². The second kappa shape index (κ2) is 7.50. The monoisotopic (exact) mass is 371 g/mol. The number of imidazole rings is 1. The molecule has 0 aliphatic heterocycles. The van der Waals surface area contributed by atoms with Crippen LogP contribution in [0.4, 0.5) is 0 Å². The highest BCUT2D eigenvalue weighted by Crippen LogP contribution is 2.19. The van der Waals surface area contributed by atoms with Crippen molar-refractivity contribution in [1.29, 1.82) is 0 Å². The Balaban J connectivity index is 1.79. The maximum atomic E-state index is 12.5. The van der Waals surface area contributed by atoms with Gasteiger partial charge in [-0.3, -0.25) is 18.8 Å². The number of hydrogen-bond donors (Lipinski definition) is 1. The van der Waals surface area contributed by atoms with Crippen molar-refractivity contribution < 1.29 is 5.11 Å². The van der Waals surface area contributed by atoms with E-state index in [0.717, 1.165) is 10.1 Å². The number of rotatable bonds is 6. The maximum Gasteiger partial charge on any atom is 0.332 e. The number of benzene rings is 1. The summed E-state index contributed by atoms with van der Waals surface area (Å²) in [6.07, 6.45) is 0.974. The van der Waals surface area contributed by atoms with Crippen molar-refractivity contribution in [2.75, 3.05) is 13.6 Å². The van der Waals surface area contributed by atoms with Gasteiger partial charge in [0.25, 0.3) is 5.56 Å². The standard InChI is InChI=1S/C19H25N5O3/c1-13(16(25)14-8-6-5-7-9-14)21(2)10-11-24-12-20-17-15(24)18(26)23(4)19(27)22(17)3/h5-9,12-13,16,25H,10-11H2,1-4H3/t13-,16-/m0/s1. The van der Waals surface area contributed by atoms with Crippen LogP contribution < -0.4 is 11.2 Å². The molecule has 0 bridgehead atoms. The van der Waals surface area contributed by atoms with Crippen LogP contribution in [0.5, 0.6) is 0 Å². The van der Waals surface area contributed by atoms with Crippen LogP contribution in [0.2, 0.25) is 0 Å². The summed E-state index contributed by atoms with van der Waals surface area (Å²) in [6, 6.07) is 9.44. The van der Waals surface area contributed by atoms with Crippen molar-refractivity contribution in [3.63, 3.8) is 0 Å². The Bertz CT molecular complexity index is 1050. The van der Waals surface area contributed by atoms with E-state index in [2.05, 4.69) is 4.98 Å². The van der Waals surface area contributed by atoms with E-state index in [0.29, 0.717) is 24.3 Å². The van der Waals surface area contributed by atoms with Crippen LogP contribution >= 0.6 is 0 Å². The molecule has 8 heteroatoms. The largest absolute Gasteiger partial charge is 0.387 e. The average Bonchev–Trinajstić information content (AvgIpc) is 3.12. The smallest absolute Gasteiger partial charge is 0.332 e. The summed E-state index contributed by atoms with van der Waals surface area (Å²) in [4.78, 5) is 30.8. The van der Waals surface area contributed by atoms with Gasteiger partial charge in [0, 0.05) is 33.2 Å². The van der Waals surface area contributed by atoms with Crippen molar-refractivity contribution in [2.45, 2.75) is 25.6 Å². The molecule has 2 heterocycles. The normalized spacial score (nSPS) is 14.0. The lowest BCUT2D eigenvalue weighted by molar-refractivity contribution is 0.0710. The fourth-order valence-corrected chi connectivity index (χ4v) is 3.21. The molecule has 8 nitrogen and oxygen atoms in total. The van der Waals surface area contributed by atoms with Crippen LogP contribution in [0.3, 0.4) is 0 Å². The van der Waals surface area contributed by atoms with Gasteiger partial charge in [0.15, 0.2) is 11.2 Å². The summed E-state index contributed by atoms with van der Waals surface area (Å²) in [7, 11) is 5.00. The minimum atomic E-state index is -0.607. The molecule has 0 saturated carbocycles. The quantitative estimate of drug-likeness (QED) is 0.682. The lowest BCUT2D eigenvalue weighted by Crippen LogP contribution is -2.38. The molecule has 0 aliphatic carbocycles. The van der Waals surface area contributed by atoms with Gasteiger partial charge in [-0.1, -0.05) is 30.3 Å². The number of hydrogen-bond acceptors (Lipinski definition) is 5. The summed E-state index contributed by atoms with van der Waals surface area (Å²) >= 11 is 0. The van der Waals surface area contributed by atoms with E-state index in [-0.39, 0.29) is 11.6 Å². The van der Waals surface area contributed by atoms with Crippen LogP contribution in [-0.4, -0.2) is 48.3 Å². The second-order valence-corrected chi connectivity index (χ2v) is 6.89. The van der Waals surface area contributed by atoms with E-state index >= 15 is 0 Å². The number of aliphatic hydroxyl groups is 1. The summed E-state index contributed by atoms with van der Waals surface area (Å²) in [6.45, 7) is 3.10. The van der Waals surface area contributed by atoms with Gasteiger partial charge >= 0.3 is 5.69 Å². The first-order valence-corrected chi connectivity index (χ1v) is 8.87. The molecule has 0 radical (unpaired) electrons. The molecule has 0 aliphatic rings. The molecule has 0 unspecified atom stereocenters. The molecule has 2 aromatic heterocycles. The van der Waals surface area contributed by atoms with Gasteiger partial charge in [-0.15, -0.1) is 0 Å². The molecule has 0 fully saturated rings. The Morgan fingerprint density at radius 1 is 1.15 bits per heavy atom. The van der Waals surface area contributed by atoms with Gasteiger partial charge in [-0.2, -0.15) is 0 Å². The lowest BCUT2D eigenvalue weighted by atomic mass is 10.0. The third kappa shape index (κ3) is 3.45. The van der Waals surface area contributed by atoms with Crippen molar-refractivity contribution in [1.82, 2.24) is 23.6 Å². The van der Waals surface area contributed by atoms with Gasteiger partial charge in [0.2, 0.25) is 0 Å². The molecule has 144 valence electrons. The molecule has 0 saturated heterocycles. The van der Waals surface area contributed by atoms with E-state index in [1.165, 1.54) is 11.6 Å². The molecule has 3 rings (SSSR count). The number of fused-ring (bicyclic) bond motifs is 1. The summed E-state index contributed by atoms with van der Waals surface area (Å²) in [5.41, 5.74) is 0.904. The first-order valence-electron chi connectivity index (χ1n) is 8.87. The lowest BCUT2D eigenvalue weighted by Gasteiger charge is -2.29. The molecule has 1 aromatic carbocycles. The molecule has 27 heavy (non-hydrogen) atoms. The number of aromatic nitrogens is 4. The third-order valence-electron chi connectivity index (χ3n) is 5.20. The first kappa shape index (κ1) is 19.1. The molecular weight excluding hydrogens is 346 g/mol. The number of likely N-dealkylation sites (N-methyl/N-ethyl adjacent to an activating group) is 1. The van der Waals surface area contributed by atoms with Gasteiger partial charge in [-0.25, -0.2) is 9.78 Å². The van der Waals surface area contributed by atoms with Crippen LogP contribution in [-0.2, 0) is 20.6 Å². The molecule has 3 aromatic rings. The molecular formula is C19H25N5O3. The summed E-state index contributed by atoms with van der Waals surface area (Å²) in [5, 5.41) is 10.6. The van der Waals surface area contributed by atoms with Crippen LogP contribution in [0.15, 0.2) is 46.2 Å². The highest BCUT2D eigenvalue weighted by molar-refractivity contribution is 5.69. The number of nitrogens with zero attached hydrogens (tertiary/aromatic N) is 5. The zero-order valence-corrected chi connectivity index (χ0v) is 16.0. The maximum absolute atomic E-state index is 12.5. The minimum absolute atomic E-state index is 0.102. The van der Waals surface area contributed by atoms with E-state index in [1.807, 2.05) is 49.2 Å². The highest BCUT2D eigenvalue weighted by atomic mass is 16.3. The number of aryl methyl sites for hydroxylation is 1. The van der Waals surface area contributed by atoms with E-state index in [4.69, 9.17) is 0 Å². The van der Waals surface area contributed by atoms with E-state index < -0.39 is 11.8 Å². The number of aliphatic hydroxyl groups excluding tert-OH is 1. The molecule has 1 N–H and O–H groups in total. The first-order chi connectivity index (χ1) is 12.8. The Labute approximate surface area is 156 Å². The van der Waals surface area contributed by atoms with Crippen molar-refractivity contribution in [2.24, 2.45) is 14.1 Å². The van der Waals surface area contributed by atoms with Crippen molar-refractivity contribution in [3.8, 4) is 0 Å². The Kier molecular flexibility index (Phi) is 5.29. The molecule has 0 spiro atoms. The Morgan fingerprint density at radius 2 is 1.81 bits per heavy atom. The topological polar surface area (TPSA) is 85.3 Å². The van der Waals surface area contributed by atoms with Gasteiger partial charge in [0.1, 0.15) is 0 Å². The summed E-state index contributed by atoms with van der Waals surface area (Å²) < 4.78 is 4.22. The third-order valence-corrected chi connectivity index (χ3v) is 5.20. The van der Waals surface area contributed by atoms with E-state index in [1.54, 1.807) is 17.9 Å². The molecule has 2 atom stereocenters. The predicted molar refractivity (Wildman–Crippen MR) is 104 cm³/mol. The van der Waals surface area contributed by atoms with Gasteiger partial charge < -0.3 is 9.67 Å². The highest BCUT2D eigenvalue weighted by Gasteiger charge is 2.21. The SMILES string of the molecule is C[C@@H]([C@H](O)c1ccccc1)N(C)CCn1cnc2c1c(=O)n(C)c(=O)n2C. The Morgan fingerprint density at radius 3 is 2.48 bits per heavy atom. The molecule has 0 amide bonds. The zero-order valence-electron chi connectivity index (χ0n) is 16.0. The minimum Gasteiger partial charge on any atom is -0.387 e. The fourth-order valence-electron chi connectivity index (χ4n) is 3.21.